The van der Waals surface area contributed by atoms with Crippen molar-refractivity contribution in [3.63, 3.8) is 0 Å². The minimum Gasteiger partial charge on any atom is -0.302 e. The van der Waals surface area contributed by atoms with Gasteiger partial charge in [0, 0.05) is 5.92 Å². The van der Waals surface area contributed by atoms with E-state index in [0.717, 1.165) is 28.2 Å². The Balaban J connectivity index is 1.83. The Labute approximate surface area is 117 Å². The number of amides is 1. The molecule has 1 aliphatic rings. The average Bonchev–Trinajstić information content (AvgIpc) is 2.98. The highest BCUT2D eigenvalue weighted by molar-refractivity contribution is 7.22. The van der Waals surface area contributed by atoms with Crippen LogP contribution in [0.1, 0.15) is 36.8 Å². The van der Waals surface area contributed by atoms with Gasteiger partial charge in [-0.25, -0.2) is 4.98 Å². The molecule has 3 rings (SSSR count). The van der Waals surface area contributed by atoms with E-state index >= 15 is 0 Å². The van der Waals surface area contributed by atoms with E-state index in [1.165, 1.54) is 24.0 Å². The van der Waals surface area contributed by atoms with Gasteiger partial charge in [-0.1, -0.05) is 24.2 Å². The first-order valence-corrected chi connectivity index (χ1v) is 7.64. The molecule has 19 heavy (non-hydrogen) atoms. The van der Waals surface area contributed by atoms with E-state index in [0.29, 0.717) is 0 Å². The molecule has 0 atom stereocenters. The predicted molar refractivity (Wildman–Crippen MR) is 79.7 cm³/mol. The lowest BCUT2D eigenvalue weighted by atomic mass is 10.1. The molecule has 4 heteroatoms. The van der Waals surface area contributed by atoms with Gasteiger partial charge in [-0.05, 0) is 49.9 Å². The van der Waals surface area contributed by atoms with Crippen molar-refractivity contribution in [1.82, 2.24) is 4.98 Å². The normalized spacial score (nSPS) is 16.1. The molecule has 1 N–H and O–H groups in total. The third-order valence-corrected chi connectivity index (χ3v) is 4.89. The Morgan fingerprint density at radius 1 is 1.26 bits per heavy atom. The van der Waals surface area contributed by atoms with E-state index in [9.17, 15) is 4.79 Å². The first-order valence-electron chi connectivity index (χ1n) is 6.82. The zero-order valence-electron chi connectivity index (χ0n) is 11.3. The van der Waals surface area contributed by atoms with Crippen LogP contribution >= 0.6 is 11.3 Å². The van der Waals surface area contributed by atoms with E-state index in [2.05, 4.69) is 36.3 Å². The highest BCUT2D eigenvalue weighted by atomic mass is 32.1. The van der Waals surface area contributed by atoms with Crippen LogP contribution in [0.15, 0.2) is 12.1 Å². The maximum absolute atomic E-state index is 12.1. The molecule has 1 heterocycles. The van der Waals surface area contributed by atoms with Crippen molar-refractivity contribution in [2.45, 2.75) is 39.5 Å². The summed E-state index contributed by atoms with van der Waals surface area (Å²) >= 11 is 1.56. The second-order valence-electron chi connectivity index (χ2n) is 5.39. The second-order valence-corrected chi connectivity index (χ2v) is 6.42. The number of carbonyl (C=O) groups excluding carboxylic acids is 1. The molecule has 1 aromatic heterocycles. The minimum absolute atomic E-state index is 0.144. The number of benzene rings is 1. The van der Waals surface area contributed by atoms with Gasteiger partial charge in [0.05, 0.1) is 10.2 Å². The number of hydrogen-bond donors (Lipinski definition) is 1. The van der Waals surface area contributed by atoms with E-state index < -0.39 is 0 Å². The molecule has 0 unspecified atom stereocenters. The van der Waals surface area contributed by atoms with Crippen LogP contribution in [0.3, 0.4) is 0 Å². The fourth-order valence-electron chi connectivity index (χ4n) is 2.63. The van der Waals surface area contributed by atoms with Crippen molar-refractivity contribution in [2.24, 2.45) is 5.92 Å². The Kier molecular flexibility index (Phi) is 3.27. The van der Waals surface area contributed by atoms with Gasteiger partial charge < -0.3 is 5.32 Å². The van der Waals surface area contributed by atoms with Gasteiger partial charge in [-0.2, -0.15) is 0 Å². The van der Waals surface area contributed by atoms with Crippen LogP contribution in [0.2, 0.25) is 0 Å². The van der Waals surface area contributed by atoms with Gasteiger partial charge in [-0.3, -0.25) is 4.79 Å². The van der Waals surface area contributed by atoms with E-state index in [1.807, 2.05) is 0 Å². The number of aromatic nitrogens is 1. The van der Waals surface area contributed by atoms with Gasteiger partial charge in [0.15, 0.2) is 5.13 Å². The van der Waals surface area contributed by atoms with Gasteiger partial charge in [-0.15, -0.1) is 0 Å². The highest BCUT2D eigenvalue weighted by Gasteiger charge is 2.23. The summed E-state index contributed by atoms with van der Waals surface area (Å²) in [5.74, 6) is 0.334. The lowest BCUT2D eigenvalue weighted by Gasteiger charge is -2.06. The van der Waals surface area contributed by atoms with Crippen molar-refractivity contribution >= 4 is 32.6 Å². The molecule has 0 radical (unpaired) electrons. The average molecular weight is 274 g/mol. The van der Waals surface area contributed by atoms with Gasteiger partial charge in [0.1, 0.15) is 0 Å². The third-order valence-electron chi connectivity index (χ3n) is 3.96. The van der Waals surface area contributed by atoms with Gasteiger partial charge in [0.2, 0.25) is 5.91 Å². The molecule has 1 saturated carbocycles. The minimum atomic E-state index is 0.144. The topological polar surface area (TPSA) is 42.0 Å². The molecule has 0 saturated heterocycles. The first kappa shape index (κ1) is 12.6. The SMILES string of the molecule is Cc1cc2nc(NC(=O)C3CCCC3)sc2cc1C. The Morgan fingerprint density at radius 3 is 2.68 bits per heavy atom. The Morgan fingerprint density at radius 2 is 1.95 bits per heavy atom. The van der Waals surface area contributed by atoms with Crippen LogP contribution in [0, 0.1) is 19.8 Å². The quantitative estimate of drug-likeness (QED) is 0.898. The van der Waals surface area contributed by atoms with Crippen LogP contribution in [-0.2, 0) is 4.79 Å². The second kappa shape index (κ2) is 4.93. The summed E-state index contributed by atoms with van der Waals surface area (Å²) in [4.78, 5) is 16.6. The zero-order chi connectivity index (χ0) is 13.4. The third kappa shape index (κ3) is 2.50. The molecule has 2 aromatic rings. The molecule has 0 bridgehead atoms. The number of hydrogen-bond acceptors (Lipinski definition) is 3. The number of nitrogens with one attached hydrogen (secondary N) is 1. The fraction of sp³-hybridized carbons (Fsp3) is 0.467. The Bertz CT molecular complexity index is 587. The van der Waals surface area contributed by atoms with Crippen LogP contribution < -0.4 is 5.32 Å². The van der Waals surface area contributed by atoms with Crippen molar-refractivity contribution in [2.75, 3.05) is 5.32 Å². The van der Waals surface area contributed by atoms with Gasteiger partial charge >= 0.3 is 0 Å². The summed E-state index contributed by atoms with van der Waals surface area (Å²) in [6, 6.07) is 4.24. The number of fused-ring (bicyclic) bond motifs is 1. The number of thiazole rings is 1. The largest absolute Gasteiger partial charge is 0.302 e. The maximum Gasteiger partial charge on any atom is 0.229 e. The van der Waals surface area contributed by atoms with Crippen LogP contribution in [-0.4, -0.2) is 10.9 Å². The van der Waals surface area contributed by atoms with E-state index in [4.69, 9.17) is 0 Å². The van der Waals surface area contributed by atoms with Crippen LogP contribution in [0.25, 0.3) is 10.2 Å². The molecular weight excluding hydrogens is 256 g/mol. The summed E-state index contributed by atoms with van der Waals surface area (Å²) in [5, 5.41) is 3.71. The lowest BCUT2D eigenvalue weighted by Crippen LogP contribution is -2.20. The number of nitrogens with zero attached hydrogens (tertiary/aromatic N) is 1. The number of carbonyl (C=O) groups is 1. The Hall–Kier alpha value is -1.42. The van der Waals surface area contributed by atoms with Crippen molar-refractivity contribution < 1.29 is 4.79 Å². The van der Waals surface area contributed by atoms with Crippen LogP contribution in [0.5, 0.6) is 0 Å². The van der Waals surface area contributed by atoms with Gasteiger partial charge in [0.25, 0.3) is 0 Å². The smallest absolute Gasteiger partial charge is 0.229 e. The summed E-state index contributed by atoms with van der Waals surface area (Å²) in [6.45, 7) is 4.19. The molecule has 3 nitrogen and oxygen atoms in total. The fourth-order valence-corrected chi connectivity index (χ4v) is 3.58. The monoisotopic (exact) mass is 274 g/mol. The summed E-state index contributed by atoms with van der Waals surface area (Å²) in [5.41, 5.74) is 3.49. The molecule has 1 fully saturated rings. The van der Waals surface area contributed by atoms with Crippen molar-refractivity contribution in [3.05, 3.63) is 23.3 Å². The van der Waals surface area contributed by atoms with Crippen LogP contribution in [0.4, 0.5) is 5.13 Å². The highest BCUT2D eigenvalue weighted by Crippen LogP contribution is 2.30. The van der Waals surface area contributed by atoms with E-state index in [1.54, 1.807) is 11.3 Å². The van der Waals surface area contributed by atoms with Crippen molar-refractivity contribution in [1.29, 1.82) is 0 Å². The molecule has 1 aliphatic carbocycles. The number of aryl methyl sites for hydroxylation is 2. The molecule has 1 aromatic carbocycles. The summed E-state index contributed by atoms with van der Waals surface area (Å²) in [7, 11) is 0. The molecule has 0 aliphatic heterocycles. The molecule has 0 spiro atoms. The summed E-state index contributed by atoms with van der Waals surface area (Å²) in [6.07, 6.45) is 4.40. The van der Waals surface area contributed by atoms with Crippen molar-refractivity contribution in [3.8, 4) is 0 Å². The number of anilines is 1. The first-order chi connectivity index (χ1) is 9.13. The molecular formula is C15H18N2OS. The zero-order valence-corrected chi connectivity index (χ0v) is 12.1. The number of rotatable bonds is 2. The van der Waals surface area contributed by atoms with E-state index in [-0.39, 0.29) is 11.8 Å². The predicted octanol–water partition coefficient (Wildman–Crippen LogP) is 4.04. The maximum atomic E-state index is 12.1. The molecule has 1 amide bonds. The lowest BCUT2D eigenvalue weighted by molar-refractivity contribution is -0.119. The summed E-state index contributed by atoms with van der Waals surface area (Å²) < 4.78 is 1.14. The standard InChI is InChI=1S/C15H18N2OS/c1-9-7-12-13(8-10(9)2)19-15(16-12)17-14(18)11-5-3-4-6-11/h7-8,11H,3-6H2,1-2H3,(H,16,17,18). The molecule has 100 valence electrons.